The number of rotatable bonds is 4. The highest BCUT2D eigenvalue weighted by Gasteiger charge is 2.54. The Morgan fingerprint density at radius 3 is 2.75 bits per heavy atom. The summed E-state index contributed by atoms with van der Waals surface area (Å²) in [6, 6.07) is 9.10. The number of hydrogen-bond donors (Lipinski definition) is 3. The van der Waals surface area contributed by atoms with Crippen LogP contribution in [0.3, 0.4) is 0 Å². The van der Waals surface area contributed by atoms with Crippen molar-refractivity contribution in [3.8, 4) is 0 Å². The van der Waals surface area contributed by atoms with Gasteiger partial charge in [0.15, 0.2) is 0 Å². The molecule has 1 saturated carbocycles. The summed E-state index contributed by atoms with van der Waals surface area (Å²) < 4.78 is 0. The average molecular weight is 330 g/mol. The molecule has 0 bridgehead atoms. The van der Waals surface area contributed by atoms with Gasteiger partial charge in [0, 0.05) is 26.1 Å². The smallest absolute Gasteiger partial charge is 0.322 e. The second-order valence-electron chi connectivity index (χ2n) is 6.50. The lowest BCUT2D eigenvalue weighted by atomic mass is 9.87. The van der Waals surface area contributed by atoms with Crippen LogP contribution in [-0.4, -0.2) is 42.0 Å². The van der Waals surface area contributed by atoms with E-state index in [-0.39, 0.29) is 17.9 Å². The molecule has 1 aliphatic heterocycles. The summed E-state index contributed by atoms with van der Waals surface area (Å²) in [5, 5.41) is 7.95. The van der Waals surface area contributed by atoms with Gasteiger partial charge < -0.3 is 15.5 Å². The molecule has 128 valence electrons. The molecule has 2 fully saturated rings. The van der Waals surface area contributed by atoms with Crippen LogP contribution in [0, 0.1) is 5.92 Å². The fourth-order valence-electron chi connectivity index (χ4n) is 3.60. The number of urea groups is 2. The first kappa shape index (κ1) is 16.3. The van der Waals surface area contributed by atoms with E-state index in [9.17, 15) is 14.4 Å². The zero-order valence-electron chi connectivity index (χ0n) is 13.7. The molecular formula is C17H22N4O3. The van der Waals surface area contributed by atoms with Gasteiger partial charge in [0.05, 0.1) is 0 Å². The normalized spacial score (nSPS) is 25.5. The van der Waals surface area contributed by atoms with Gasteiger partial charge in [0.25, 0.3) is 5.91 Å². The van der Waals surface area contributed by atoms with E-state index in [2.05, 4.69) is 16.0 Å². The van der Waals surface area contributed by atoms with E-state index < -0.39 is 11.6 Å². The summed E-state index contributed by atoms with van der Waals surface area (Å²) >= 11 is 0. The Kier molecular flexibility index (Phi) is 4.42. The highest BCUT2D eigenvalue weighted by Crippen LogP contribution is 2.37. The summed E-state index contributed by atoms with van der Waals surface area (Å²) in [6.45, 7) is 0.880. The van der Waals surface area contributed by atoms with Gasteiger partial charge in [-0.3, -0.25) is 10.1 Å². The molecule has 7 nitrogen and oxygen atoms in total. The Bertz CT molecular complexity index is 648. The molecule has 1 aliphatic carbocycles. The molecule has 0 aromatic heterocycles. The molecule has 0 unspecified atom stereocenters. The number of hydrogen-bond acceptors (Lipinski definition) is 3. The van der Waals surface area contributed by atoms with Gasteiger partial charge in [-0.25, -0.2) is 9.59 Å². The van der Waals surface area contributed by atoms with Crippen LogP contribution in [0.1, 0.15) is 24.8 Å². The van der Waals surface area contributed by atoms with Gasteiger partial charge in [0.1, 0.15) is 5.54 Å². The molecule has 5 amide bonds. The van der Waals surface area contributed by atoms with Gasteiger partial charge in [-0.2, -0.15) is 0 Å². The van der Waals surface area contributed by atoms with Crippen molar-refractivity contribution in [3.63, 3.8) is 0 Å². The first-order valence-corrected chi connectivity index (χ1v) is 8.18. The van der Waals surface area contributed by atoms with Crippen LogP contribution in [0.4, 0.5) is 9.59 Å². The minimum absolute atomic E-state index is 0.0852. The zero-order chi connectivity index (χ0) is 17.2. The minimum atomic E-state index is -0.859. The first-order chi connectivity index (χ1) is 11.5. The standard InChI is InChI=1S/C17H22N4O3/c1-21(11-12-6-3-2-4-7-12)16(24)18-10-13-8-5-9-17(13)14(22)19-15(23)20-17/h2-4,6-7,13H,5,8-11H2,1H3,(H,18,24)(H2,19,20,22,23)/t13-,17+/m1/s1. The predicted molar refractivity (Wildman–Crippen MR) is 88.1 cm³/mol. The van der Waals surface area contributed by atoms with E-state index in [4.69, 9.17) is 0 Å². The van der Waals surface area contributed by atoms with Crippen LogP contribution in [0.2, 0.25) is 0 Å². The van der Waals surface area contributed by atoms with E-state index in [1.165, 1.54) is 0 Å². The lowest BCUT2D eigenvalue weighted by molar-refractivity contribution is -0.125. The number of nitrogens with one attached hydrogen (secondary N) is 3. The van der Waals surface area contributed by atoms with E-state index in [1.54, 1.807) is 11.9 Å². The Morgan fingerprint density at radius 2 is 2.08 bits per heavy atom. The van der Waals surface area contributed by atoms with Crippen molar-refractivity contribution in [2.45, 2.75) is 31.3 Å². The number of imide groups is 1. The fourth-order valence-corrected chi connectivity index (χ4v) is 3.60. The first-order valence-electron chi connectivity index (χ1n) is 8.18. The number of carbonyl (C=O) groups is 3. The lowest BCUT2D eigenvalue weighted by Crippen LogP contribution is -2.53. The molecule has 7 heteroatoms. The third-order valence-corrected chi connectivity index (χ3v) is 4.90. The van der Waals surface area contributed by atoms with Crippen molar-refractivity contribution in [2.24, 2.45) is 5.92 Å². The molecule has 0 radical (unpaired) electrons. The van der Waals surface area contributed by atoms with Crippen LogP contribution in [0.25, 0.3) is 0 Å². The van der Waals surface area contributed by atoms with Gasteiger partial charge in [-0.15, -0.1) is 0 Å². The molecule has 1 spiro atoms. The summed E-state index contributed by atoms with van der Waals surface area (Å²) in [4.78, 5) is 37.5. The highest BCUT2D eigenvalue weighted by molar-refractivity contribution is 6.07. The van der Waals surface area contributed by atoms with Crippen LogP contribution in [0.5, 0.6) is 0 Å². The SMILES string of the molecule is CN(Cc1ccccc1)C(=O)NC[C@H]1CCC[C@]12NC(=O)NC2=O. The molecule has 1 aromatic carbocycles. The van der Waals surface area contributed by atoms with Gasteiger partial charge in [-0.1, -0.05) is 36.8 Å². The monoisotopic (exact) mass is 330 g/mol. The topological polar surface area (TPSA) is 90.5 Å². The third-order valence-electron chi connectivity index (χ3n) is 4.90. The summed E-state index contributed by atoms with van der Waals surface area (Å²) in [6.07, 6.45) is 2.27. The molecule has 3 rings (SSSR count). The molecule has 1 heterocycles. The molecule has 1 saturated heterocycles. The molecule has 2 aliphatic rings. The van der Waals surface area contributed by atoms with E-state index in [0.717, 1.165) is 18.4 Å². The second kappa shape index (κ2) is 6.51. The Hall–Kier alpha value is -2.57. The Morgan fingerprint density at radius 1 is 1.33 bits per heavy atom. The lowest BCUT2D eigenvalue weighted by Gasteiger charge is -2.29. The summed E-state index contributed by atoms with van der Waals surface area (Å²) in [7, 11) is 1.73. The summed E-state index contributed by atoms with van der Waals surface area (Å²) in [5.74, 6) is -0.361. The summed E-state index contributed by atoms with van der Waals surface area (Å²) in [5.41, 5.74) is 0.192. The van der Waals surface area contributed by atoms with Crippen LogP contribution in [-0.2, 0) is 11.3 Å². The van der Waals surface area contributed by atoms with Gasteiger partial charge >= 0.3 is 12.1 Å². The predicted octanol–water partition coefficient (Wildman–Crippen LogP) is 1.21. The molecule has 1 aromatic rings. The van der Waals surface area contributed by atoms with Gasteiger partial charge in [0.2, 0.25) is 0 Å². The average Bonchev–Trinajstić information content (AvgIpc) is 3.09. The Labute approximate surface area is 140 Å². The molecule has 3 N–H and O–H groups in total. The van der Waals surface area contributed by atoms with Crippen molar-refractivity contribution in [1.29, 1.82) is 0 Å². The molecule has 24 heavy (non-hydrogen) atoms. The van der Waals surface area contributed by atoms with Gasteiger partial charge in [-0.05, 0) is 18.4 Å². The van der Waals surface area contributed by atoms with E-state index in [0.29, 0.717) is 19.5 Å². The Balaban J connectivity index is 1.56. The maximum Gasteiger partial charge on any atom is 0.322 e. The number of amides is 5. The van der Waals surface area contributed by atoms with Crippen LogP contribution < -0.4 is 16.0 Å². The largest absolute Gasteiger partial charge is 0.338 e. The van der Waals surface area contributed by atoms with Crippen molar-refractivity contribution in [2.75, 3.05) is 13.6 Å². The second-order valence-corrected chi connectivity index (χ2v) is 6.50. The fraction of sp³-hybridized carbons (Fsp3) is 0.471. The number of carbonyl (C=O) groups excluding carboxylic acids is 3. The van der Waals surface area contributed by atoms with E-state index in [1.807, 2.05) is 30.3 Å². The quantitative estimate of drug-likeness (QED) is 0.725. The number of nitrogens with zero attached hydrogens (tertiary/aromatic N) is 1. The van der Waals surface area contributed by atoms with Crippen LogP contribution >= 0.6 is 0 Å². The maximum atomic E-state index is 12.3. The maximum absolute atomic E-state index is 12.3. The number of benzene rings is 1. The van der Waals surface area contributed by atoms with Crippen molar-refractivity contribution >= 4 is 18.0 Å². The van der Waals surface area contributed by atoms with Crippen molar-refractivity contribution in [3.05, 3.63) is 35.9 Å². The van der Waals surface area contributed by atoms with Crippen molar-refractivity contribution < 1.29 is 14.4 Å². The molecule has 2 atom stereocenters. The van der Waals surface area contributed by atoms with Crippen LogP contribution in [0.15, 0.2) is 30.3 Å². The molecular weight excluding hydrogens is 308 g/mol. The zero-order valence-corrected chi connectivity index (χ0v) is 13.7. The van der Waals surface area contributed by atoms with Crippen molar-refractivity contribution in [1.82, 2.24) is 20.9 Å². The highest BCUT2D eigenvalue weighted by atomic mass is 16.2. The minimum Gasteiger partial charge on any atom is -0.338 e. The third kappa shape index (κ3) is 3.06. The van der Waals surface area contributed by atoms with E-state index >= 15 is 0 Å².